The predicted molar refractivity (Wildman–Crippen MR) is 102 cm³/mol. The Balaban J connectivity index is 2.24. The number of benzene rings is 1. The monoisotopic (exact) mass is 391 g/mol. The van der Waals surface area contributed by atoms with Crippen molar-refractivity contribution in [1.29, 1.82) is 0 Å². The molecule has 1 atom stereocenters. The maximum absolute atomic E-state index is 14.8. The van der Waals surface area contributed by atoms with Gasteiger partial charge in [-0.2, -0.15) is 0 Å². The third-order valence-corrected chi connectivity index (χ3v) is 5.24. The summed E-state index contributed by atoms with van der Waals surface area (Å²) in [6.45, 7) is 7.68. The van der Waals surface area contributed by atoms with E-state index >= 15 is 0 Å². The maximum atomic E-state index is 14.8. The second-order valence-corrected chi connectivity index (χ2v) is 8.25. The summed E-state index contributed by atoms with van der Waals surface area (Å²) in [6, 6.07) is 4.19. The smallest absolute Gasteiger partial charge is 0.336 e. The largest absolute Gasteiger partial charge is 0.463 e. The Morgan fingerprint density at radius 1 is 1.37 bits per heavy atom. The number of halogens is 2. The first-order valence-electron chi connectivity index (χ1n) is 9.00. The molecule has 2 aliphatic rings. The first-order valence-corrected chi connectivity index (χ1v) is 9.38. The van der Waals surface area contributed by atoms with Crippen LogP contribution in [-0.2, 0) is 14.3 Å². The summed E-state index contributed by atoms with van der Waals surface area (Å²) in [5.74, 6) is -1.99. The van der Waals surface area contributed by atoms with E-state index in [0.717, 1.165) is 5.70 Å². The summed E-state index contributed by atoms with van der Waals surface area (Å²) in [4.78, 5) is 25.7. The Morgan fingerprint density at radius 2 is 2.07 bits per heavy atom. The van der Waals surface area contributed by atoms with Gasteiger partial charge in [0, 0.05) is 34.0 Å². The highest BCUT2D eigenvalue weighted by atomic mass is 35.5. The van der Waals surface area contributed by atoms with E-state index in [9.17, 15) is 14.0 Å². The number of ether oxygens (including phenoxy) is 1. The molecular formula is C21H23ClFNO3. The van der Waals surface area contributed by atoms with Gasteiger partial charge in [-0.05, 0) is 43.9 Å². The van der Waals surface area contributed by atoms with Crippen molar-refractivity contribution in [2.45, 2.75) is 46.5 Å². The molecule has 144 valence electrons. The number of esters is 1. The molecule has 0 spiro atoms. The minimum atomic E-state index is -0.831. The van der Waals surface area contributed by atoms with E-state index < -0.39 is 17.7 Å². The molecule has 1 heterocycles. The van der Waals surface area contributed by atoms with Crippen molar-refractivity contribution in [3.63, 3.8) is 0 Å². The molecule has 1 unspecified atom stereocenters. The molecule has 0 fully saturated rings. The van der Waals surface area contributed by atoms with Crippen molar-refractivity contribution in [2.75, 3.05) is 6.61 Å². The molecule has 1 aromatic carbocycles. The van der Waals surface area contributed by atoms with Gasteiger partial charge in [0.25, 0.3) is 0 Å². The van der Waals surface area contributed by atoms with Crippen LogP contribution in [0.3, 0.4) is 0 Å². The van der Waals surface area contributed by atoms with E-state index in [0.29, 0.717) is 29.1 Å². The van der Waals surface area contributed by atoms with Crippen molar-refractivity contribution in [3.8, 4) is 0 Å². The van der Waals surface area contributed by atoms with Crippen LogP contribution in [0.2, 0.25) is 5.02 Å². The summed E-state index contributed by atoms with van der Waals surface area (Å²) in [6.07, 6.45) is 0.974. The van der Waals surface area contributed by atoms with Gasteiger partial charge in [0.2, 0.25) is 0 Å². The van der Waals surface area contributed by atoms with Gasteiger partial charge in [0.1, 0.15) is 5.82 Å². The van der Waals surface area contributed by atoms with Crippen LogP contribution in [0.15, 0.2) is 40.7 Å². The number of dihydropyridines is 1. The van der Waals surface area contributed by atoms with Crippen LogP contribution in [0, 0.1) is 11.2 Å². The van der Waals surface area contributed by atoms with Gasteiger partial charge in [-0.3, -0.25) is 4.79 Å². The van der Waals surface area contributed by atoms with Crippen LogP contribution in [0.1, 0.15) is 52.0 Å². The zero-order valence-electron chi connectivity index (χ0n) is 15.9. The van der Waals surface area contributed by atoms with Gasteiger partial charge in [0.15, 0.2) is 5.78 Å². The van der Waals surface area contributed by atoms with Gasteiger partial charge in [-0.1, -0.05) is 25.4 Å². The Kier molecular flexibility index (Phi) is 5.17. The fourth-order valence-electron chi connectivity index (χ4n) is 3.96. The second kappa shape index (κ2) is 7.12. The summed E-state index contributed by atoms with van der Waals surface area (Å²) >= 11 is 6.10. The minimum absolute atomic E-state index is 0.0903. The second-order valence-electron chi connectivity index (χ2n) is 7.82. The number of carbonyl (C=O) groups is 2. The van der Waals surface area contributed by atoms with Crippen molar-refractivity contribution in [1.82, 2.24) is 5.32 Å². The highest BCUT2D eigenvalue weighted by Gasteiger charge is 2.43. The topological polar surface area (TPSA) is 55.4 Å². The lowest BCUT2D eigenvalue weighted by atomic mass is 9.68. The quantitative estimate of drug-likeness (QED) is 0.762. The molecule has 6 heteroatoms. The Bertz CT molecular complexity index is 885. The third-order valence-electron chi connectivity index (χ3n) is 5.00. The van der Waals surface area contributed by atoms with Crippen LogP contribution >= 0.6 is 11.6 Å². The van der Waals surface area contributed by atoms with Crippen LogP contribution in [0.4, 0.5) is 4.39 Å². The summed E-state index contributed by atoms with van der Waals surface area (Å²) in [7, 11) is 0. The molecule has 27 heavy (non-hydrogen) atoms. The van der Waals surface area contributed by atoms with Crippen LogP contribution in [-0.4, -0.2) is 18.4 Å². The highest BCUT2D eigenvalue weighted by Crippen LogP contribution is 2.47. The Labute approximate surface area is 163 Å². The van der Waals surface area contributed by atoms with Crippen molar-refractivity contribution >= 4 is 23.4 Å². The summed E-state index contributed by atoms with van der Waals surface area (Å²) in [5.41, 5.74) is 2.01. The van der Waals surface area contributed by atoms with E-state index in [1.54, 1.807) is 13.8 Å². The third kappa shape index (κ3) is 3.65. The first-order chi connectivity index (χ1) is 12.6. The molecule has 0 radical (unpaired) electrons. The van der Waals surface area contributed by atoms with Crippen molar-refractivity contribution in [3.05, 3.63) is 57.1 Å². The molecule has 0 amide bonds. The van der Waals surface area contributed by atoms with E-state index in [1.165, 1.54) is 18.2 Å². The Hall–Kier alpha value is -2.14. The van der Waals surface area contributed by atoms with Gasteiger partial charge < -0.3 is 10.1 Å². The number of allylic oxidation sites excluding steroid dienone is 3. The van der Waals surface area contributed by atoms with Gasteiger partial charge >= 0.3 is 5.97 Å². The fourth-order valence-corrected chi connectivity index (χ4v) is 4.14. The van der Waals surface area contributed by atoms with E-state index in [-0.39, 0.29) is 28.9 Å². The van der Waals surface area contributed by atoms with Crippen molar-refractivity contribution in [2.24, 2.45) is 5.41 Å². The number of Topliss-reactive ketones (excluding diaryl/α,β-unsaturated/α-hetero) is 1. The highest BCUT2D eigenvalue weighted by molar-refractivity contribution is 6.30. The van der Waals surface area contributed by atoms with Gasteiger partial charge in [0.05, 0.1) is 18.1 Å². The zero-order chi connectivity index (χ0) is 19.9. The van der Waals surface area contributed by atoms with Crippen LogP contribution in [0.5, 0.6) is 0 Å². The normalized spacial score (nSPS) is 21.7. The lowest BCUT2D eigenvalue weighted by Crippen LogP contribution is -2.39. The first kappa shape index (κ1) is 19.6. The molecule has 1 aromatic rings. The molecule has 0 saturated heterocycles. The fraction of sp³-hybridized carbons (Fsp3) is 0.429. The number of hydrogen-bond acceptors (Lipinski definition) is 4. The van der Waals surface area contributed by atoms with E-state index in [4.69, 9.17) is 16.3 Å². The average molecular weight is 392 g/mol. The molecule has 1 aliphatic heterocycles. The SMILES string of the molecule is CCOC(=O)C1=C(C)NC2=C(C(=O)CC(C)(C)C2)C1c1cc(Cl)ccc1F. The lowest BCUT2D eigenvalue weighted by Gasteiger charge is -2.39. The molecule has 0 saturated carbocycles. The van der Waals surface area contributed by atoms with Crippen LogP contribution < -0.4 is 5.32 Å². The standard InChI is InChI=1S/C21H23ClFNO3/c1-5-27-20(26)17-11(2)24-15-9-21(3,4)10-16(25)19(15)18(17)13-8-12(22)6-7-14(13)23/h6-8,18,24H,5,9-10H2,1-4H3. The summed E-state index contributed by atoms with van der Waals surface area (Å²) in [5, 5.41) is 3.55. The lowest BCUT2D eigenvalue weighted by molar-refractivity contribution is -0.138. The molecule has 0 bridgehead atoms. The van der Waals surface area contributed by atoms with E-state index in [2.05, 4.69) is 5.32 Å². The number of rotatable bonds is 3. The minimum Gasteiger partial charge on any atom is -0.463 e. The predicted octanol–water partition coefficient (Wildman–Crippen LogP) is 4.65. The molecule has 1 N–H and O–H groups in total. The maximum Gasteiger partial charge on any atom is 0.336 e. The number of ketones is 1. The Morgan fingerprint density at radius 3 is 2.74 bits per heavy atom. The molecule has 3 rings (SSSR count). The van der Waals surface area contributed by atoms with Gasteiger partial charge in [-0.25, -0.2) is 9.18 Å². The summed E-state index contributed by atoms with van der Waals surface area (Å²) < 4.78 is 20.0. The molecule has 1 aliphatic carbocycles. The average Bonchev–Trinajstić information content (AvgIpc) is 2.54. The zero-order valence-corrected chi connectivity index (χ0v) is 16.7. The van der Waals surface area contributed by atoms with Crippen LogP contribution in [0.25, 0.3) is 0 Å². The molecule has 0 aromatic heterocycles. The number of carbonyl (C=O) groups excluding carboxylic acids is 2. The molecular weight excluding hydrogens is 369 g/mol. The number of nitrogens with one attached hydrogen (secondary N) is 1. The number of hydrogen-bond donors (Lipinski definition) is 1. The van der Waals surface area contributed by atoms with E-state index in [1.807, 2.05) is 13.8 Å². The van der Waals surface area contributed by atoms with Crippen molar-refractivity contribution < 1.29 is 18.7 Å². The molecule has 4 nitrogen and oxygen atoms in total. The van der Waals surface area contributed by atoms with Gasteiger partial charge in [-0.15, -0.1) is 0 Å².